The molecule has 0 saturated heterocycles. The third-order valence-electron chi connectivity index (χ3n) is 2.17. The van der Waals surface area contributed by atoms with E-state index < -0.39 is 22.9 Å². The van der Waals surface area contributed by atoms with Gasteiger partial charge in [-0.1, -0.05) is 17.3 Å². The molecule has 0 bridgehead atoms. The summed E-state index contributed by atoms with van der Waals surface area (Å²) < 4.78 is 61.7. The minimum atomic E-state index is -4.63. The molecule has 10 heteroatoms. The van der Waals surface area contributed by atoms with Crippen LogP contribution in [0.15, 0.2) is 29.4 Å². The van der Waals surface area contributed by atoms with Crippen LogP contribution >= 0.6 is 0 Å². The van der Waals surface area contributed by atoms with Crippen molar-refractivity contribution in [2.45, 2.75) is 13.1 Å². The van der Waals surface area contributed by atoms with Gasteiger partial charge in [-0.2, -0.15) is 26.3 Å². The van der Waals surface area contributed by atoms with Crippen LogP contribution in [0.5, 0.6) is 0 Å². The molecular formula is C10H12F3N3O3S. The maximum absolute atomic E-state index is 11.9. The minimum Gasteiger partial charge on any atom is -0.411 e. The van der Waals surface area contributed by atoms with E-state index in [4.69, 9.17) is 5.21 Å². The van der Waals surface area contributed by atoms with Gasteiger partial charge in [-0.25, -0.2) is 0 Å². The number of benzene rings is 1. The Morgan fingerprint density at radius 1 is 1.30 bits per heavy atom. The molecule has 0 heterocycles. The number of nitrogens with one attached hydrogen (secondary N) is 2. The van der Waals surface area contributed by atoms with Gasteiger partial charge in [-0.05, 0) is 24.6 Å². The molecule has 3 N–H and O–H groups in total. The molecule has 0 saturated carbocycles. The van der Waals surface area contributed by atoms with E-state index in [0.29, 0.717) is 11.3 Å². The zero-order chi connectivity index (χ0) is 15.4. The Bertz CT molecular complexity index is 582. The first-order valence-electron chi connectivity index (χ1n) is 5.26. The Labute approximate surface area is 113 Å². The molecule has 0 aromatic heterocycles. The van der Waals surface area contributed by atoms with Crippen LogP contribution in [0.1, 0.15) is 12.5 Å². The number of nitrogens with zero attached hydrogens (tertiary/aromatic N) is 1. The quantitative estimate of drug-likeness (QED) is 0.439. The largest absolute Gasteiger partial charge is 0.411 e. The van der Waals surface area contributed by atoms with Crippen molar-refractivity contribution in [2.75, 3.05) is 11.3 Å². The fraction of sp³-hybridized carbons (Fsp3) is 0.300. The van der Waals surface area contributed by atoms with Crippen LogP contribution in [0.25, 0.3) is 0 Å². The van der Waals surface area contributed by atoms with Crippen molar-refractivity contribution in [3.05, 3.63) is 29.8 Å². The normalized spacial score (nSPS) is 13.3. The summed E-state index contributed by atoms with van der Waals surface area (Å²) in [4.78, 5) is 0. The third kappa shape index (κ3) is 5.45. The second-order valence-electron chi connectivity index (χ2n) is 3.80. The summed E-state index contributed by atoms with van der Waals surface area (Å²) in [5.74, 6) is 0. The lowest BCUT2D eigenvalue weighted by molar-refractivity contribution is -0.121. The predicted octanol–water partition coefficient (Wildman–Crippen LogP) is 1.69. The molecule has 1 aromatic carbocycles. The van der Waals surface area contributed by atoms with E-state index in [1.807, 2.05) is 4.72 Å². The minimum absolute atomic E-state index is 0.0779. The lowest BCUT2D eigenvalue weighted by atomic mass is 10.1. The van der Waals surface area contributed by atoms with Crippen molar-refractivity contribution < 1.29 is 26.8 Å². The van der Waals surface area contributed by atoms with Gasteiger partial charge in [-0.15, -0.1) is 0 Å². The molecule has 0 aliphatic rings. The van der Waals surface area contributed by atoms with E-state index in [0.717, 1.165) is 0 Å². The third-order valence-corrected chi connectivity index (χ3v) is 3.20. The van der Waals surface area contributed by atoms with Crippen LogP contribution in [-0.2, 0) is 10.2 Å². The van der Waals surface area contributed by atoms with Gasteiger partial charge in [0.15, 0.2) is 0 Å². The summed E-state index contributed by atoms with van der Waals surface area (Å²) in [6.07, 6.45) is -4.63. The number of alkyl halides is 3. The Kier molecular flexibility index (Phi) is 4.95. The monoisotopic (exact) mass is 311 g/mol. The van der Waals surface area contributed by atoms with Gasteiger partial charge < -0.3 is 5.21 Å². The molecule has 1 aromatic rings. The maximum Gasteiger partial charge on any atom is 0.402 e. The van der Waals surface area contributed by atoms with Crippen molar-refractivity contribution >= 4 is 21.6 Å². The zero-order valence-electron chi connectivity index (χ0n) is 10.3. The van der Waals surface area contributed by atoms with Crippen LogP contribution in [0.2, 0.25) is 0 Å². The average molecular weight is 311 g/mol. The molecule has 0 atom stereocenters. The van der Waals surface area contributed by atoms with Crippen LogP contribution in [0.4, 0.5) is 18.9 Å². The number of hydrogen-bond donors (Lipinski definition) is 3. The number of hydrogen-bond acceptors (Lipinski definition) is 4. The second kappa shape index (κ2) is 6.09. The van der Waals surface area contributed by atoms with Gasteiger partial charge in [0, 0.05) is 5.69 Å². The highest BCUT2D eigenvalue weighted by Gasteiger charge is 2.29. The number of halogens is 3. The predicted molar refractivity (Wildman–Crippen MR) is 67.0 cm³/mol. The summed E-state index contributed by atoms with van der Waals surface area (Å²) in [6, 6.07) is 5.57. The average Bonchev–Trinajstić information content (AvgIpc) is 2.35. The molecule has 112 valence electrons. The first kappa shape index (κ1) is 16.2. The van der Waals surface area contributed by atoms with Crippen molar-refractivity contribution in [2.24, 2.45) is 5.16 Å². The fourth-order valence-electron chi connectivity index (χ4n) is 1.21. The van der Waals surface area contributed by atoms with Crippen LogP contribution in [-0.4, -0.2) is 32.1 Å². The van der Waals surface area contributed by atoms with Gasteiger partial charge in [0.1, 0.15) is 6.54 Å². The molecule has 0 fully saturated rings. The fourth-order valence-corrected chi connectivity index (χ4v) is 2.08. The summed E-state index contributed by atoms with van der Waals surface area (Å²) in [6.45, 7) is -0.124. The zero-order valence-corrected chi connectivity index (χ0v) is 11.1. The molecule has 20 heavy (non-hydrogen) atoms. The molecule has 1 rings (SSSR count). The number of rotatable bonds is 5. The Balaban J connectivity index is 2.73. The summed E-state index contributed by atoms with van der Waals surface area (Å²) in [7, 11) is -4.31. The molecule has 0 aliphatic carbocycles. The second-order valence-corrected chi connectivity index (χ2v) is 5.30. The summed E-state index contributed by atoms with van der Waals surface area (Å²) in [5, 5.41) is 11.5. The Hall–Kier alpha value is -1.81. The van der Waals surface area contributed by atoms with E-state index >= 15 is 0 Å². The van der Waals surface area contributed by atoms with Gasteiger partial charge in [0.2, 0.25) is 0 Å². The van der Waals surface area contributed by atoms with Crippen LogP contribution < -0.4 is 9.44 Å². The topological polar surface area (TPSA) is 90.8 Å². The highest BCUT2D eigenvalue weighted by atomic mass is 32.2. The molecule has 0 amide bonds. The summed E-state index contributed by atoms with van der Waals surface area (Å²) in [5.41, 5.74) is 0.933. The highest BCUT2D eigenvalue weighted by molar-refractivity contribution is 7.90. The van der Waals surface area contributed by atoms with E-state index in [2.05, 4.69) is 5.16 Å². The standard InChI is InChI=1S/C10H12F3N3O3S/c1-7(15-17)8-2-4-9(5-3-8)16-20(18,19)14-6-10(11,12)13/h2-5,14,16-17H,6H2,1H3/b15-7-. The van der Waals surface area contributed by atoms with Crippen molar-refractivity contribution in [1.29, 1.82) is 0 Å². The van der Waals surface area contributed by atoms with E-state index in [1.54, 1.807) is 0 Å². The first-order chi connectivity index (χ1) is 9.13. The Morgan fingerprint density at radius 2 is 1.85 bits per heavy atom. The number of anilines is 1. The van der Waals surface area contributed by atoms with Gasteiger partial charge >= 0.3 is 6.18 Å². The van der Waals surface area contributed by atoms with Crippen molar-refractivity contribution in [3.63, 3.8) is 0 Å². The molecule has 0 spiro atoms. The van der Waals surface area contributed by atoms with Crippen LogP contribution in [0, 0.1) is 0 Å². The van der Waals surface area contributed by atoms with Gasteiger partial charge in [0.25, 0.3) is 10.2 Å². The number of oxime groups is 1. The van der Waals surface area contributed by atoms with E-state index in [9.17, 15) is 21.6 Å². The van der Waals surface area contributed by atoms with Gasteiger partial charge in [-0.3, -0.25) is 4.72 Å². The van der Waals surface area contributed by atoms with Crippen LogP contribution in [0.3, 0.4) is 0 Å². The first-order valence-corrected chi connectivity index (χ1v) is 6.74. The van der Waals surface area contributed by atoms with Crippen molar-refractivity contribution in [1.82, 2.24) is 4.72 Å². The molecule has 0 radical (unpaired) electrons. The SMILES string of the molecule is C/C(=N/O)c1ccc(NS(=O)(=O)NCC(F)(F)F)cc1. The highest BCUT2D eigenvalue weighted by Crippen LogP contribution is 2.14. The molecular weight excluding hydrogens is 299 g/mol. The molecule has 6 nitrogen and oxygen atoms in total. The van der Waals surface area contributed by atoms with Crippen molar-refractivity contribution in [3.8, 4) is 0 Å². The lowest BCUT2D eigenvalue weighted by Gasteiger charge is -2.11. The van der Waals surface area contributed by atoms with E-state index in [1.165, 1.54) is 35.9 Å². The Morgan fingerprint density at radius 3 is 2.30 bits per heavy atom. The smallest absolute Gasteiger partial charge is 0.402 e. The molecule has 0 unspecified atom stereocenters. The summed E-state index contributed by atoms with van der Waals surface area (Å²) >= 11 is 0. The van der Waals surface area contributed by atoms with Gasteiger partial charge in [0.05, 0.1) is 5.71 Å². The lowest BCUT2D eigenvalue weighted by Crippen LogP contribution is -2.37. The van der Waals surface area contributed by atoms with E-state index in [-0.39, 0.29) is 5.69 Å². The molecule has 0 aliphatic heterocycles. The maximum atomic E-state index is 11.9.